The van der Waals surface area contributed by atoms with E-state index in [1.165, 1.54) is 6.20 Å². The van der Waals surface area contributed by atoms with E-state index in [1.54, 1.807) is 11.8 Å². The van der Waals surface area contributed by atoms with Crippen LogP contribution in [0, 0.1) is 10.1 Å². The molecule has 2 N–H and O–H groups in total. The minimum Gasteiger partial charge on any atom is -0.378 e. The fourth-order valence-electron chi connectivity index (χ4n) is 1.85. The van der Waals surface area contributed by atoms with Crippen molar-refractivity contribution in [3.05, 3.63) is 56.7 Å². The molecule has 0 amide bonds. The molecule has 0 aliphatic rings. The Morgan fingerprint density at radius 3 is 2.60 bits per heavy atom. The van der Waals surface area contributed by atoms with Crippen molar-refractivity contribution < 1.29 is 4.92 Å². The molecule has 2 aromatic rings. The smallest absolute Gasteiger partial charge is 0.316 e. The molecule has 0 fully saturated rings. The molecule has 0 atom stereocenters. The Labute approximate surface area is 125 Å². The molecule has 1 aromatic heterocycles. The highest BCUT2D eigenvalue weighted by Crippen LogP contribution is 2.32. The molecule has 0 saturated heterocycles. The van der Waals surface area contributed by atoms with Crippen molar-refractivity contribution in [2.75, 3.05) is 12.0 Å². The van der Waals surface area contributed by atoms with E-state index in [0.717, 1.165) is 10.5 Å². The summed E-state index contributed by atoms with van der Waals surface area (Å²) in [5.74, 6) is -0.116. The highest BCUT2D eigenvalue weighted by Gasteiger charge is 2.22. The molecule has 2 rings (SSSR count). The largest absolute Gasteiger partial charge is 0.378 e. The number of halogens is 1. The molecule has 20 heavy (non-hydrogen) atoms. The highest BCUT2D eigenvalue weighted by molar-refractivity contribution is 7.98. The van der Waals surface area contributed by atoms with Gasteiger partial charge in [-0.2, -0.15) is 0 Å². The second-order valence-electron chi connectivity index (χ2n) is 4.10. The number of nitrogens with two attached hydrogens (primary N) is 1. The number of hydrogen-bond acceptors (Lipinski definition) is 5. The lowest BCUT2D eigenvalue weighted by molar-refractivity contribution is -0.384. The molecule has 0 bridgehead atoms. The lowest BCUT2D eigenvalue weighted by Gasteiger charge is -2.07. The van der Waals surface area contributed by atoms with E-state index in [4.69, 9.17) is 17.3 Å². The lowest BCUT2D eigenvalue weighted by Crippen LogP contribution is -2.04. The Hall–Kier alpha value is -1.79. The van der Waals surface area contributed by atoms with Gasteiger partial charge < -0.3 is 5.73 Å². The van der Waals surface area contributed by atoms with Gasteiger partial charge in [0.2, 0.25) is 5.82 Å². The molecule has 0 aliphatic heterocycles. The van der Waals surface area contributed by atoms with Crippen molar-refractivity contribution in [2.24, 2.45) is 0 Å². The summed E-state index contributed by atoms with van der Waals surface area (Å²) in [7, 11) is 0. The monoisotopic (exact) mass is 309 g/mol. The van der Waals surface area contributed by atoms with Gasteiger partial charge >= 0.3 is 5.69 Å². The number of anilines is 1. The number of pyridine rings is 1. The maximum absolute atomic E-state index is 11.1. The first kappa shape index (κ1) is 14.6. The number of rotatable bonds is 4. The van der Waals surface area contributed by atoms with Crippen LogP contribution in [-0.2, 0) is 6.42 Å². The summed E-state index contributed by atoms with van der Waals surface area (Å²) in [4.78, 5) is 15.4. The number of hydrogen-bond donors (Lipinski definition) is 1. The standard InChI is InChI=1S/C13H12ClN3O2S/c1-20-9-4-2-8(3-5-9)6-10-11(14)7-16-13(15)12(10)17(18)19/h2-5,7H,6H2,1H3,(H2,15,16). The van der Waals surface area contributed by atoms with Gasteiger partial charge in [-0.05, 0) is 24.0 Å². The van der Waals surface area contributed by atoms with E-state index in [9.17, 15) is 10.1 Å². The first-order valence-electron chi connectivity index (χ1n) is 5.73. The van der Waals surface area contributed by atoms with Gasteiger partial charge in [-0.3, -0.25) is 10.1 Å². The summed E-state index contributed by atoms with van der Waals surface area (Å²) in [6.45, 7) is 0. The number of aromatic nitrogens is 1. The van der Waals surface area contributed by atoms with Gasteiger partial charge in [0.1, 0.15) is 0 Å². The molecule has 5 nitrogen and oxygen atoms in total. The summed E-state index contributed by atoms with van der Waals surface area (Å²) in [5.41, 5.74) is 6.68. The van der Waals surface area contributed by atoms with E-state index in [1.807, 2.05) is 30.5 Å². The fourth-order valence-corrected chi connectivity index (χ4v) is 2.47. The van der Waals surface area contributed by atoms with E-state index < -0.39 is 4.92 Å². The third-order valence-electron chi connectivity index (χ3n) is 2.86. The molecular formula is C13H12ClN3O2S. The zero-order valence-corrected chi connectivity index (χ0v) is 12.2. The number of nitrogen functional groups attached to an aromatic ring is 1. The Kier molecular flexibility index (Phi) is 4.46. The van der Waals surface area contributed by atoms with Crippen LogP contribution in [0.15, 0.2) is 35.4 Å². The minimum absolute atomic E-state index is 0.116. The van der Waals surface area contributed by atoms with Crippen molar-refractivity contribution in [1.82, 2.24) is 4.98 Å². The third-order valence-corrected chi connectivity index (χ3v) is 3.93. The zero-order chi connectivity index (χ0) is 14.7. The van der Waals surface area contributed by atoms with Gasteiger partial charge in [0.25, 0.3) is 0 Å². The summed E-state index contributed by atoms with van der Waals surface area (Å²) in [5, 5.41) is 11.4. The van der Waals surface area contributed by atoms with Crippen LogP contribution < -0.4 is 5.73 Å². The van der Waals surface area contributed by atoms with Crippen molar-refractivity contribution >= 4 is 34.9 Å². The molecule has 1 heterocycles. The number of nitro groups is 1. The highest BCUT2D eigenvalue weighted by atomic mass is 35.5. The van der Waals surface area contributed by atoms with E-state index in [-0.39, 0.29) is 16.5 Å². The Balaban J connectivity index is 2.41. The fraction of sp³-hybridized carbons (Fsp3) is 0.154. The van der Waals surface area contributed by atoms with Gasteiger partial charge in [0, 0.05) is 17.5 Å². The minimum atomic E-state index is -0.542. The molecule has 104 valence electrons. The maximum Gasteiger partial charge on any atom is 0.316 e. The third kappa shape index (κ3) is 3.02. The van der Waals surface area contributed by atoms with E-state index in [0.29, 0.717) is 12.0 Å². The quantitative estimate of drug-likeness (QED) is 0.530. The SMILES string of the molecule is CSc1ccc(Cc2c(Cl)cnc(N)c2[N+](=O)[O-])cc1. The topological polar surface area (TPSA) is 82.0 Å². The first-order valence-corrected chi connectivity index (χ1v) is 7.33. The van der Waals surface area contributed by atoms with Crippen LogP contribution in [0.25, 0.3) is 0 Å². The molecule has 1 aromatic carbocycles. The van der Waals surface area contributed by atoms with Crippen molar-refractivity contribution in [3.8, 4) is 0 Å². The zero-order valence-electron chi connectivity index (χ0n) is 10.7. The van der Waals surface area contributed by atoms with Gasteiger partial charge in [-0.15, -0.1) is 11.8 Å². The average molecular weight is 310 g/mol. The Morgan fingerprint density at radius 1 is 1.40 bits per heavy atom. The lowest BCUT2D eigenvalue weighted by atomic mass is 10.0. The van der Waals surface area contributed by atoms with Crippen LogP contribution in [0.5, 0.6) is 0 Å². The first-order chi connectivity index (χ1) is 9.52. The Morgan fingerprint density at radius 2 is 2.05 bits per heavy atom. The molecule has 7 heteroatoms. The van der Waals surface area contributed by atoms with E-state index >= 15 is 0 Å². The second kappa shape index (κ2) is 6.11. The summed E-state index contributed by atoms with van der Waals surface area (Å²) in [6, 6.07) is 7.76. The van der Waals surface area contributed by atoms with Crippen molar-refractivity contribution in [2.45, 2.75) is 11.3 Å². The van der Waals surface area contributed by atoms with Crippen LogP contribution in [-0.4, -0.2) is 16.2 Å². The second-order valence-corrected chi connectivity index (χ2v) is 5.39. The van der Waals surface area contributed by atoms with Gasteiger partial charge in [-0.1, -0.05) is 23.7 Å². The number of thioether (sulfide) groups is 1. The van der Waals surface area contributed by atoms with Gasteiger partial charge in [0.05, 0.1) is 15.5 Å². The molecule has 0 radical (unpaired) electrons. The number of benzene rings is 1. The van der Waals surface area contributed by atoms with Crippen LogP contribution in [0.1, 0.15) is 11.1 Å². The average Bonchev–Trinajstić information content (AvgIpc) is 2.43. The Bertz CT molecular complexity index is 647. The predicted molar refractivity (Wildman–Crippen MR) is 81.3 cm³/mol. The predicted octanol–water partition coefficient (Wildman–Crippen LogP) is 3.54. The molecular weight excluding hydrogens is 298 g/mol. The van der Waals surface area contributed by atoms with Crippen LogP contribution in [0.3, 0.4) is 0 Å². The van der Waals surface area contributed by atoms with Crippen molar-refractivity contribution in [3.63, 3.8) is 0 Å². The van der Waals surface area contributed by atoms with Crippen molar-refractivity contribution in [1.29, 1.82) is 0 Å². The van der Waals surface area contributed by atoms with Gasteiger partial charge in [0.15, 0.2) is 0 Å². The van der Waals surface area contributed by atoms with Crippen LogP contribution in [0.4, 0.5) is 11.5 Å². The van der Waals surface area contributed by atoms with Crippen LogP contribution >= 0.6 is 23.4 Å². The summed E-state index contributed by atoms with van der Waals surface area (Å²) in [6.07, 6.45) is 3.67. The van der Waals surface area contributed by atoms with Gasteiger partial charge in [-0.25, -0.2) is 4.98 Å². The number of nitrogens with zero attached hydrogens (tertiary/aromatic N) is 2. The summed E-state index contributed by atoms with van der Waals surface area (Å²) >= 11 is 7.66. The molecule has 0 saturated carbocycles. The summed E-state index contributed by atoms with van der Waals surface area (Å²) < 4.78 is 0. The normalized spacial score (nSPS) is 10.5. The molecule has 0 aliphatic carbocycles. The maximum atomic E-state index is 11.1. The molecule has 0 spiro atoms. The molecule has 0 unspecified atom stereocenters. The van der Waals surface area contributed by atoms with Crippen LogP contribution in [0.2, 0.25) is 5.02 Å². The van der Waals surface area contributed by atoms with E-state index in [2.05, 4.69) is 4.98 Å².